The minimum absolute atomic E-state index is 0.0269. The lowest BCUT2D eigenvalue weighted by Crippen LogP contribution is -2.19. The molecule has 0 aliphatic rings. The summed E-state index contributed by atoms with van der Waals surface area (Å²) in [5.41, 5.74) is 4.32. The van der Waals surface area contributed by atoms with Crippen LogP contribution in [0.1, 0.15) is 54.2 Å². The van der Waals surface area contributed by atoms with Gasteiger partial charge in [0.1, 0.15) is 18.0 Å². The fraction of sp³-hybridized carbons (Fsp3) is 0.269. The van der Waals surface area contributed by atoms with E-state index in [9.17, 15) is 9.18 Å². The number of nitrogens with one attached hydrogen (secondary N) is 2. The second kappa shape index (κ2) is 9.91. The van der Waals surface area contributed by atoms with Gasteiger partial charge in [-0.25, -0.2) is 14.4 Å². The van der Waals surface area contributed by atoms with Gasteiger partial charge in [0.2, 0.25) is 0 Å². The van der Waals surface area contributed by atoms with Crippen LogP contribution in [0.2, 0.25) is 0 Å². The van der Waals surface area contributed by atoms with E-state index in [1.807, 2.05) is 31.3 Å². The van der Waals surface area contributed by atoms with Gasteiger partial charge in [0.15, 0.2) is 0 Å². The van der Waals surface area contributed by atoms with E-state index in [2.05, 4.69) is 44.4 Å². The third-order valence-corrected chi connectivity index (χ3v) is 5.81. The maximum absolute atomic E-state index is 14.7. The largest absolute Gasteiger partial charge is 0.369 e. The minimum Gasteiger partial charge on any atom is -0.369 e. The van der Waals surface area contributed by atoms with Crippen molar-refractivity contribution < 1.29 is 9.18 Å². The van der Waals surface area contributed by atoms with Crippen molar-refractivity contribution in [3.05, 3.63) is 77.8 Å². The number of hydrogen-bond acceptors (Lipinski definition) is 6. The van der Waals surface area contributed by atoms with Crippen LogP contribution in [0.15, 0.2) is 55.1 Å². The molecule has 1 amide bonds. The summed E-state index contributed by atoms with van der Waals surface area (Å²) in [6, 6.07) is 10.5. The molecule has 0 aliphatic carbocycles. The second-order valence-electron chi connectivity index (χ2n) is 8.49. The van der Waals surface area contributed by atoms with E-state index >= 15 is 0 Å². The fourth-order valence-electron chi connectivity index (χ4n) is 3.85. The average Bonchev–Trinajstić information content (AvgIpc) is 2.87. The molecule has 0 radical (unpaired) electrons. The topological polar surface area (TPSA) is 92.7 Å². The summed E-state index contributed by atoms with van der Waals surface area (Å²) >= 11 is 0. The Kier molecular flexibility index (Phi) is 6.77. The third-order valence-electron chi connectivity index (χ3n) is 5.81. The molecule has 1 aromatic carbocycles. The van der Waals surface area contributed by atoms with Crippen LogP contribution in [0.25, 0.3) is 22.2 Å². The molecule has 4 aromatic rings. The Balaban J connectivity index is 1.55. The predicted molar refractivity (Wildman–Crippen MR) is 131 cm³/mol. The first-order valence-electron chi connectivity index (χ1n) is 11.2. The van der Waals surface area contributed by atoms with E-state index in [1.54, 1.807) is 6.07 Å². The zero-order chi connectivity index (χ0) is 24.2. The standard InChI is InChI=1S/C26H27FN6O/c1-15(2)21-8-5-17(13-30-21)22-11-23(33-14-32-22)31-12-16(3)18-6-7-20(27)24-19(26(34)28-4)9-10-29-25(18)24/h5-11,13-16H,12H2,1-4H3,(H,28,34)(H,31,32,33)/t16-/m1/s1. The molecule has 0 aliphatic heterocycles. The number of rotatable bonds is 7. The van der Waals surface area contributed by atoms with E-state index < -0.39 is 5.82 Å². The van der Waals surface area contributed by atoms with Crippen molar-refractivity contribution in [3.8, 4) is 11.3 Å². The number of hydrogen-bond donors (Lipinski definition) is 2. The van der Waals surface area contributed by atoms with Crippen molar-refractivity contribution in [3.63, 3.8) is 0 Å². The smallest absolute Gasteiger partial charge is 0.251 e. The van der Waals surface area contributed by atoms with E-state index in [4.69, 9.17) is 0 Å². The number of carbonyl (C=O) groups is 1. The summed E-state index contributed by atoms with van der Waals surface area (Å²) in [7, 11) is 1.52. The highest BCUT2D eigenvalue weighted by Crippen LogP contribution is 2.29. The molecule has 0 bridgehead atoms. The van der Waals surface area contributed by atoms with E-state index in [0.717, 1.165) is 22.5 Å². The predicted octanol–water partition coefficient (Wildman–Crippen LogP) is 4.92. The molecule has 0 spiro atoms. The van der Waals surface area contributed by atoms with Crippen LogP contribution >= 0.6 is 0 Å². The van der Waals surface area contributed by atoms with Crippen molar-refractivity contribution in [2.75, 3.05) is 18.9 Å². The van der Waals surface area contributed by atoms with Gasteiger partial charge < -0.3 is 10.6 Å². The first kappa shape index (κ1) is 23.2. The van der Waals surface area contributed by atoms with Crippen molar-refractivity contribution >= 4 is 22.6 Å². The van der Waals surface area contributed by atoms with Crippen LogP contribution < -0.4 is 10.6 Å². The average molecular weight is 459 g/mol. The Hall–Kier alpha value is -3.94. The molecular weight excluding hydrogens is 431 g/mol. The first-order chi connectivity index (χ1) is 16.4. The third kappa shape index (κ3) is 4.71. The zero-order valence-corrected chi connectivity index (χ0v) is 19.6. The molecule has 0 unspecified atom stereocenters. The van der Waals surface area contributed by atoms with Crippen molar-refractivity contribution in [1.29, 1.82) is 0 Å². The normalized spacial score (nSPS) is 12.1. The van der Waals surface area contributed by atoms with E-state index in [-0.39, 0.29) is 22.8 Å². The Morgan fingerprint density at radius 1 is 1.03 bits per heavy atom. The molecule has 8 heteroatoms. The van der Waals surface area contributed by atoms with Gasteiger partial charge in [-0.05, 0) is 35.7 Å². The lowest BCUT2D eigenvalue weighted by atomic mass is 9.95. The molecule has 0 saturated carbocycles. The molecule has 34 heavy (non-hydrogen) atoms. The number of amides is 1. The second-order valence-corrected chi connectivity index (χ2v) is 8.49. The molecular formula is C26H27FN6O. The van der Waals surface area contributed by atoms with Crippen LogP contribution in [-0.2, 0) is 0 Å². The minimum atomic E-state index is -0.469. The van der Waals surface area contributed by atoms with Gasteiger partial charge in [0.05, 0.1) is 16.8 Å². The number of carbonyl (C=O) groups excluding carboxylic acids is 1. The molecule has 3 aromatic heterocycles. The van der Waals surface area contributed by atoms with E-state index in [1.165, 1.54) is 31.7 Å². The molecule has 0 saturated heterocycles. The molecule has 0 fully saturated rings. The monoisotopic (exact) mass is 458 g/mol. The van der Waals surface area contributed by atoms with E-state index in [0.29, 0.717) is 23.8 Å². The summed E-state index contributed by atoms with van der Waals surface area (Å²) in [5, 5.41) is 6.13. The summed E-state index contributed by atoms with van der Waals surface area (Å²) < 4.78 is 14.7. The Labute approximate surface area is 197 Å². The molecule has 3 heterocycles. The van der Waals surface area contributed by atoms with Gasteiger partial charge in [-0.15, -0.1) is 0 Å². The quantitative estimate of drug-likeness (QED) is 0.408. The number of halogens is 1. The summed E-state index contributed by atoms with van der Waals surface area (Å²) in [4.78, 5) is 29.8. The lowest BCUT2D eigenvalue weighted by Gasteiger charge is -2.17. The van der Waals surface area contributed by atoms with Crippen LogP contribution in [0.3, 0.4) is 0 Å². The van der Waals surface area contributed by atoms with Crippen LogP contribution in [0, 0.1) is 5.82 Å². The molecule has 4 rings (SSSR count). The number of anilines is 1. The summed E-state index contributed by atoms with van der Waals surface area (Å²) in [5.74, 6) is 0.195. The highest BCUT2D eigenvalue weighted by Gasteiger charge is 2.18. The highest BCUT2D eigenvalue weighted by molar-refractivity contribution is 6.06. The molecule has 7 nitrogen and oxygen atoms in total. The Bertz CT molecular complexity index is 1320. The number of aromatic nitrogens is 4. The van der Waals surface area contributed by atoms with Gasteiger partial charge in [0, 0.05) is 54.6 Å². The summed E-state index contributed by atoms with van der Waals surface area (Å²) in [6.07, 6.45) is 4.87. The Morgan fingerprint density at radius 2 is 1.85 bits per heavy atom. The number of pyridine rings is 2. The van der Waals surface area contributed by atoms with Gasteiger partial charge >= 0.3 is 0 Å². The lowest BCUT2D eigenvalue weighted by molar-refractivity contribution is 0.0964. The maximum Gasteiger partial charge on any atom is 0.251 e. The summed E-state index contributed by atoms with van der Waals surface area (Å²) in [6.45, 7) is 6.77. The van der Waals surface area contributed by atoms with Gasteiger partial charge in [-0.3, -0.25) is 14.8 Å². The SMILES string of the molecule is CNC(=O)c1ccnc2c([C@H](C)CNc3cc(-c4ccc(C(C)C)nc4)ncn3)ccc(F)c12. The van der Waals surface area contributed by atoms with Crippen LogP contribution in [-0.4, -0.2) is 39.4 Å². The number of benzene rings is 1. The van der Waals surface area contributed by atoms with Crippen molar-refractivity contribution in [2.24, 2.45) is 0 Å². The van der Waals surface area contributed by atoms with Crippen molar-refractivity contribution in [2.45, 2.75) is 32.6 Å². The van der Waals surface area contributed by atoms with Gasteiger partial charge in [0.25, 0.3) is 5.91 Å². The van der Waals surface area contributed by atoms with Crippen LogP contribution in [0.5, 0.6) is 0 Å². The van der Waals surface area contributed by atoms with Crippen molar-refractivity contribution in [1.82, 2.24) is 25.3 Å². The number of nitrogens with zero attached hydrogens (tertiary/aromatic N) is 4. The first-order valence-corrected chi connectivity index (χ1v) is 11.2. The molecule has 1 atom stereocenters. The Morgan fingerprint density at radius 3 is 2.56 bits per heavy atom. The maximum atomic E-state index is 14.7. The van der Waals surface area contributed by atoms with Gasteiger partial charge in [-0.1, -0.05) is 26.8 Å². The van der Waals surface area contributed by atoms with Crippen LogP contribution in [0.4, 0.5) is 10.2 Å². The zero-order valence-electron chi connectivity index (χ0n) is 19.6. The highest BCUT2D eigenvalue weighted by atomic mass is 19.1. The molecule has 174 valence electrons. The number of fused-ring (bicyclic) bond motifs is 1. The molecule has 2 N–H and O–H groups in total. The fourth-order valence-corrected chi connectivity index (χ4v) is 3.85. The van der Waals surface area contributed by atoms with Gasteiger partial charge in [-0.2, -0.15) is 0 Å².